The van der Waals surface area contributed by atoms with Crippen LogP contribution in [0.5, 0.6) is 0 Å². The summed E-state index contributed by atoms with van der Waals surface area (Å²) in [5.41, 5.74) is 10.4. The minimum atomic E-state index is 0.401. The van der Waals surface area contributed by atoms with E-state index in [1.165, 1.54) is 11.1 Å². The molecule has 4 rings (SSSR count). The van der Waals surface area contributed by atoms with Crippen LogP contribution in [0.2, 0.25) is 5.15 Å². The van der Waals surface area contributed by atoms with Crippen molar-refractivity contribution in [2.45, 2.75) is 18.3 Å². The first-order valence-corrected chi connectivity index (χ1v) is 7.22. The third-order valence-corrected chi connectivity index (χ3v) is 4.19. The third kappa shape index (κ3) is 2.21. The van der Waals surface area contributed by atoms with Crippen molar-refractivity contribution in [3.05, 3.63) is 59.1 Å². The highest BCUT2D eigenvalue weighted by atomic mass is 35.5. The molecule has 3 heterocycles. The molecular formula is C16H13ClN4. The van der Waals surface area contributed by atoms with Gasteiger partial charge in [-0.3, -0.25) is 9.97 Å². The van der Waals surface area contributed by atoms with E-state index in [2.05, 4.69) is 21.0 Å². The van der Waals surface area contributed by atoms with Gasteiger partial charge in [0.25, 0.3) is 0 Å². The summed E-state index contributed by atoms with van der Waals surface area (Å²) < 4.78 is 0. The fourth-order valence-electron chi connectivity index (χ4n) is 2.85. The van der Waals surface area contributed by atoms with Crippen molar-refractivity contribution in [2.24, 2.45) is 0 Å². The Labute approximate surface area is 127 Å². The summed E-state index contributed by atoms with van der Waals surface area (Å²) in [5, 5.41) is 0.401. The molecule has 1 aliphatic rings. The summed E-state index contributed by atoms with van der Waals surface area (Å²) in [6.45, 7) is 0. The van der Waals surface area contributed by atoms with Crippen molar-refractivity contribution >= 4 is 28.3 Å². The zero-order valence-corrected chi connectivity index (χ0v) is 12.0. The fraction of sp³-hybridized carbons (Fsp3) is 0.188. The molecule has 5 heteroatoms. The smallest absolute Gasteiger partial charge is 0.131 e. The van der Waals surface area contributed by atoms with E-state index >= 15 is 0 Å². The van der Waals surface area contributed by atoms with Gasteiger partial charge >= 0.3 is 0 Å². The lowest BCUT2D eigenvalue weighted by molar-refractivity contribution is 1.00. The Morgan fingerprint density at radius 3 is 2.81 bits per heavy atom. The standard InChI is InChI=1S/C16H13ClN4/c17-15-6-13(18)16-14(21-15)4-10(8-20-16)12-5-11(12)9-2-1-3-19-7-9/h1-4,6-8,11-12H,5H2,(H2,18,21). The zero-order valence-electron chi connectivity index (χ0n) is 11.2. The Kier molecular flexibility index (Phi) is 2.79. The molecule has 1 saturated carbocycles. The van der Waals surface area contributed by atoms with Crippen molar-refractivity contribution in [3.63, 3.8) is 0 Å². The maximum absolute atomic E-state index is 5.97. The molecule has 2 unspecified atom stereocenters. The van der Waals surface area contributed by atoms with Crippen LogP contribution in [-0.4, -0.2) is 15.0 Å². The number of halogens is 1. The van der Waals surface area contributed by atoms with Gasteiger partial charge in [0.15, 0.2) is 0 Å². The predicted octanol–water partition coefficient (Wildman–Crippen LogP) is 3.53. The summed E-state index contributed by atoms with van der Waals surface area (Å²) in [6.07, 6.45) is 6.75. The molecule has 0 spiro atoms. The van der Waals surface area contributed by atoms with Crippen LogP contribution in [0.1, 0.15) is 29.4 Å². The molecule has 3 aromatic rings. The highest BCUT2D eigenvalue weighted by Crippen LogP contribution is 2.54. The molecular weight excluding hydrogens is 284 g/mol. The summed E-state index contributed by atoms with van der Waals surface area (Å²) in [6, 6.07) is 7.78. The van der Waals surface area contributed by atoms with Crippen molar-refractivity contribution in [3.8, 4) is 0 Å². The van der Waals surface area contributed by atoms with Gasteiger partial charge in [0.1, 0.15) is 10.7 Å². The zero-order chi connectivity index (χ0) is 14.4. The lowest BCUT2D eigenvalue weighted by Gasteiger charge is -2.05. The van der Waals surface area contributed by atoms with Gasteiger partial charge in [-0.05, 0) is 41.5 Å². The van der Waals surface area contributed by atoms with Crippen LogP contribution in [0.3, 0.4) is 0 Å². The highest BCUT2D eigenvalue weighted by molar-refractivity contribution is 6.30. The fourth-order valence-corrected chi connectivity index (χ4v) is 3.06. The average molecular weight is 297 g/mol. The second-order valence-corrected chi connectivity index (χ2v) is 5.79. The minimum Gasteiger partial charge on any atom is -0.397 e. The number of nitrogens with zero attached hydrogens (tertiary/aromatic N) is 3. The van der Waals surface area contributed by atoms with Crippen LogP contribution in [0, 0.1) is 0 Å². The van der Waals surface area contributed by atoms with Crippen LogP contribution in [-0.2, 0) is 0 Å². The molecule has 21 heavy (non-hydrogen) atoms. The van der Waals surface area contributed by atoms with Crippen LogP contribution in [0.4, 0.5) is 5.69 Å². The lowest BCUT2D eigenvalue weighted by Crippen LogP contribution is -1.94. The van der Waals surface area contributed by atoms with Gasteiger partial charge in [-0.2, -0.15) is 0 Å². The summed E-state index contributed by atoms with van der Waals surface area (Å²) in [5.74, 6) is 1.00. The maximum atomic E-state index is 5.97. The minimum absolute atomic E-state index is 0.401. The Morgan fingerprint density at radius 2 is 2.00 bits per heavy atom. The lowest BCUT2D eigenvalue weighted by atomic mass is 10.1. The molecule has 0 radical (unpaired) electrons. The van der Waals surface area contributed by atoms with E-state index in [0.29, 0.717) is 28.2 Å². The Morgan fingerprint density at radius 1 is 1.14 bits per heavy atom. The highest BCUT2D eigenvalue weighted by Gasteiger charge is 2.39. The monoisotopic (exact) mass is 296 g/mol. The average Bonchev–Trinajstić information content (AvgIpc) is 3.28. The molecule has 0 aromatic carbocycles. The molecule has 0 aliphatic heterocycles. The number of hydrogen-bond acceptors (Lipinski definition) is 4. The molecule has 0 saturated heterocycles. The Bertz CT molecular complexity index is 819. The van der Waals surface area contributed by atoms with Gasteiger partial charge in [-0.15, -0.1) is 0 Å². The van der Waals surface area contributed by atoms with E-state index in [1.54, 1.807) is 12.3 Å². The van der Waals surface area contributed by atoms with Crippen LogP contribution >= 0.6 is 11.6 Å². The Hall–Kier alpha value is -2.20. The van der Waals surface area contributed by atoms with E-state index in [1.807, 2.05) is 24.5 Å². The number of fused-ring (bicyclic) bond motifs is 1. The summed E-state index contributed by atoms with van der Waals surface area (Å²) >= 11 is 5.97. The van der Waals surface area contributed by atoms with Gasteiger partial charge in [-0.1, -0.05) is 17.7 Å². The van der Waals surface area contributed by atoms with Gasteiger partial charge in [-0.25, -0.2) is 4.98 Å². The largest absolute Gasteiger partial charge is 0.397 e. The maximum Gasteiger partial charge on any atom is 0.131 e. The number of aromatic nitrogens is 3. The number of anilines is 1. The van der Waals surface area contributed by atoms with Crippen LogP contribution in [0.15, 0.2) is 42.9 Å². The van der Waals surface area contributed by atoms with E-state index in [-0.39, 0.29) is 0 Å². The van der Waals surface area contributed by atoms with E-state index in [4.69, 9.17) is 17.3 Å². The SMILES string of the molecule is Nc1cc(Cl)nc2cc(C3CC3c3cccnc3)cnc12. The van der Waals surface area contributed by atoms with Crippen molar-refractivity contribution < 1.29 is 0 Å². The second kappa shape index (κ2) is 4.67. The van der Waals surface area contributed by atoms with E-state index in [0.717, 1.165) is 11.9 Å². The first-order chi connectivity index (χ1) is 10.2. The van der Waals surface area contributed by atoms with Crippen LogP contribution < -0.4 is 5.73 Å². The third-order valence-electron chi connectivity index (χ3n) is 4.00. The summed E-state index contributed by atoms with van der Waals surface area (Å²) in [7, 11) is 0. The molecule has 0 amide bonds. The van der Waals surface area contributed by atoms with Crippen molar-refractivity contribution in [2.75, 3.05) is 5.73 Å². The number of rotatable bonds is 2. The van der Waals surface area contributed by atoms with Gasteiger partial charge < -0.3 is 5.73 Å². The molecule has 2 atom stereocenters. The second-order valence-electron chi connectivity index (χ2n) is 5.41. The van der Waals surface area contributed by atoms with Crippen molar-refractivity contribution in [1.82, 2.24) is 15.0 Å². The molecule has 104 valence electrons. The van der Waals surface area contributed by atoms with Crippen molar-refractivity contribution in [1.29, 1.82) is 0 Å². The van der Waals surface area contributed by atoms with Gasteiger partial charge in [0, 0.05) is 24.7 Å². The van der Waals surface area contributed by atoms with Gasteiger partial charge in [0.2, 0.25) is 0 Å². The first kappa shape index (κ1) is 12.5. The summed E-state index contributed by atoms with van der Waals surface area (Å²) in [4.78, 5) is 13.0. The van der Waals surface area contributed by atoms with Crippen LogP contribution in [0.25, 0.3) is 11.0 Å². The quantitative estimate of drug-likeness (QED) is 0.735. The molecule has 4 nitrogen and oxygen atoms in total. The number of pyridine rings is 3. The topological polar surface area (TPSA) is 64.7 Å². The number of nitrogens with two attached hydrogens (primary N) is 1. The number of nitrogen functional groups attached to an aromatic ring is 1. The molecule has 2 N–H and O–H groups in total. The molecule has 3 aromatic heterocycles. The van der Waals surface area contributed by atoms with E-state index < -0.39 is 0 Å². The molecule has 1 fully saturated rings. The Balaban J connectivity index is 1.70. The first-order valence-electron chi connectivity index (χ1n) is 6.84. The molecule has 0 bridgehead atoms. The normalized spacial score (nSPS) is 20.6. The number of hydrogen-bond donors (Lipinski definition) is 1. The predicted molar refractivity (Wildman–Crippen MR) is 83.3 cm³/mol. The van der Waals surface area contributed by atoms with E-state index in [9.17, 15) is 0 Å². The molecule has 1 aliphatic carbocycles. The van der Waals surface area contributed by atoms with Gasteiger partial charge in [0.05, 0.1) is 11.2 Å².